The summed E-state index contributed by atoms with van der Waals surface area (Å²) >= 11 is 5.89. The molecule has 210 valence electrons. The highest BCUT2D eigenvalue weighted by molar-refractivity contribution is 6.30. The van der Waals surface area contributed by atoms with Gasteiger partial charge < -0.3 is 25.5 Å². The predicted molar refractivity (Wildman–Crippen MR) is 141 cm³/mol. The highest BCUT2D eigenvalue weighted by Gasteiger charge is 2.46. The van der Waals surface area contributed by atoms with Gasteiger partial charge in [0.05, 0.1) is 6.04 Å². The lowest BCUT2D eigenvalue weighted by atomic mass is 9.95. The molecular weight excluding hydrogens is 532 g/mol. The van der Waals surface area contributed by atoms with Crippen molar-refractivity contribution < 1.29 is 32.7 Å². The van der Waals surface area contributed by atoms with Crippen LogP contribution in [0.1, 0.15) is 37.8 Å². The number of ether oxygens (including phenoxy) is 1. The topological polar surface area (TPSA) is 114 Å². The van der Waals surface area contributed by atoms with Crippen molar-refractivity contribution >= 4 is 35.8 Å². The molecule has 0 spiro atoms. The fraction of sp³-hybridized carbons (Fsp3) is 0.429. The Labute approximate surface area is 230 Å². The molecule has 1 heterocycles. The summed E-state index contributed by atoms with van der Waals surface area (Å²) in [7, 11) is 0. The summed E-state index contributed by atoms with van der Waals surface area (Å²) in [6.07, 6.45) is -1.90. The first-order chi connectivity index (χ1) is 18.5. The normalized spacial score (nSPS) is 17.6. The van der Waals surface area contributed by atoms with Crippen LogP contribution in [0.2, 0.25) is 5.02 Å². The maximum atomic E-state index is 15.4. The van der Waals surface area contributed by atoms with Crippen LogP contribution in [0.15, 0.2) is 54.6 Å². The Morgan fingerprint density at radius 1 is 1.15 bits per heavy atom. The van der Waals surface area contributed by atoms with Crippen LogP contribution in [0.4, 0.5) is 13.6 Å². The number of alkyl carbamates (subject to hydrolysis) is 1. The van der Waals surface area contributed by atoms with E-state index in [0.29, 0.717) is 24.8 Å². The fourth-order valence-electron chi connectivity index (χ4n) is 4.45. The molecule has 0 saturated carbocycles. The number of halogens is 3. The minimum atomic E-state index is -3.57. The smallest absolute Gasteiger partial charge is 0.408 e. The van der Waals surface area contributed by atoms with Crippen molar-refractivity contribution in [3.63, 3.8) is 0 Å². The molecule has 11 heteroatoms. The van der Waals surface area contributed by atoms with Gasteiger partial charge in [0.25, 0.3) is 0 Å². The van der Waals surface area contributed by atoms with Gasteiger partial charge in [0.15, 0.2) is 6.10 Å². The number of alkyl halides is 2. The molecule has 1 aliphatic heterocycles. The van der Waals surface area contributed by atoms with Crippen molar-refractivity contribution in [2.24, 2.45) is 11.8 Å². The van der Waals surface area contributed by atoms with E-state index in [1.807, 2.05) is 0 Å². The van der Waals surface area contributed by atoms with Crippen LogP contribution in [-0.2, 0) is 31.5 Å². The van der Waals surface area contributed by atoms with Crippen molar-refractivity contribution in [2.75, 3.05) is 6.54 Å². The van der Waals surface area contributed by atoms with Gasteiger partial charge in [0.1, 0.15) is 12.3 Å². The Hall–Kier alpha value is -3.53. The summed E-state index contributed by atoms with van der Waals surface area (Å²) in [6, 6.07) is 11.7. The van der Waals surface area contributed by atoms with Gasteiger partial charge in [-0.3, -0.25) is 9.59 Å². The molecule has 0 radical (unpaired) electrons. The Balaban J connectivity index is 1.76. The molecule has 8 nitrogen and oxygen atoms in total. The van der Waals surface area contributed by atoms with E-state index in [1.165, 1.54) is 32.0 Å². The minimum Gasteiger partial charge on any atom is -0.439 e. The third kappa shape index (κ3) is 8.23. The van der Waals surface area contributed by atoms with Gasteiger partial charge in [-0.05, 0) is 36.5 Å². The van der Waals surface area contributed by atoms with Gasteiger partial charge in [-0.2, -0.15) is 8.78 Å². The average molecular weight is 564 g/mol. The Bertz CT molecular complexity index is 1160. The molecule has 3 N–H and O–H groups in total. The van der Waals surface area contributed by atoms with E-state index in [-0.39, 0.29) is 23.8 Å². The second kappa shape index (κ2) is 13.5. The van der Waals surface area contributed by atoms with Crippen LogP contribution in [0.3, 0.4) is 0 Å². The lowest BCUT2D eigenvalue weighted by molar-refractivity contribution is -0.136. The molecule has 1 saturated heterocycles. The predicted octanol–water partition coefficient (Wildman–Crippen LogP) is 4.00. The van der Waals surface area contributed by atoms with Crippen LogP contribution in [0.25, 0.3) is 0 Å². The molecular formula is C28H32ClF2N3O5. The van der Waals surface area contributed by atoms with Crippen LogP contribution >= 0.6 is 11.6 Å². The molecule has 0 bridgehead atoms. The monoisotopic (exact) mass is 563 g/mol. The molecule has 1 unspecified atom stereocenters. The van der Waals surface area contributed by atoms with E-state index in [9.17, 15) is 19.2 Å². The second-order valence-corrected chi connectivity index (χ2v) is 10.3. The quantitative estimate of drug-likeness (QED) is 0.338. The molecule has 1 aliphatic rings. The molecule has 2 aromatic rings. The average Bonchev–Trinajstić information content (AvgIpc) is 3.30. The summed E-state index contributed by atoms with van der Waals surface area (Å²) in [5.41, 5.74) is 0.269. The molecule has 3 amide bonds. The summed E-state index contributed by atoms with van der Waals surface area (Å²) in [5, 5.41) is 7.74. The van der Waals surface area contributed by atoms with Crippen LogP contribution in [0, 0.1) is 11.8 Å². The van der Waals surface area contributed by atoms with Crippen molar-refractivity contribution in [3.05, 3.63) is 70.7 Å². The van der Waals surface area contributed by atoms with Gasteiger partial charge in [0.2, 0.25) is 11.8 Å². The van der Waals surface area contributed by atoms with Crippen molar-refractivity contribution in [2.45, 2.75) is 57.2 Å². The molecule has 39 heavy (non-hydrogen) atoms. The molecule has 3 rings (SSSR count). The van der Waals surface area contributed by atoms with E-state index < -0.39 is 53.5 Å². The number of rotatable bonds is 12. The van der Waals surface area contributed by atoms with E-state index in [2.05, 4.69) is 16.0 Å². The van der Waals surface area contributed by atoms with E-state index in [1.54, 1.807) is 30.3 Å². The summed E-state index contributed by atoms with van der Waals surface area (Å²) in [4.78, 5) is 49.7. The van der Waals surface area contributed by atoms with Crippen molar-refractivity contribution in [3.8, 4) is 0 Å². The number of hydrogen-bond acceptors (Lipinski definition) is 5. The fourth-order valence-corrected chi connectivity index (χ4v) is 4.64. The molecule has 0 aromatic heterocycles. The van der Waals surface area contributed by atoms with Crippen molar-refractivity contribution in [1.82, 2.24) is 16.0 Å². The van der Waals surface area contributed by atoms with Crippen LogP contribution in [0.5, 0.6) is 0 Å². The largest absolute Gasteiger partial charge is 0.439 e. The minimum absolute atomic E-state index is 0.00823. The lowest BCUT2D eigenvalue weighted by Gasteiger charge is -2.30. The Morgan fingerprint density at radius 3 is 2.46 bits per heavy atom. The number of nitrogens with one attached hydrogen (secondary N) is 3. The van der Waals surface area contributed by atoms with Gasteiger partial charge in [0, 0.05) is 29.5 Å². The molecule has 2 aromatic carbocycles. The molecule has 4 atom stereocenters. The number of benzene rings is 2. The Kier molecular flexibility index (Phi) is 10.4. The van der Waals surface area contributed by atoms with E-state index in [0.717, 1.165) is 6.07 Å². The second-order valence-electron chi connectivity index (χ2n) is 9.85. The number of amides is 3. The first kappa shape index (κ1) is 30.0. The zero-order chi connectivity index (χ0) is 28.6. The zero-order valence-electron chi connectivity index (χ0n) is 21.7. The SMILES string of the molecule is CC(C)C(OC(=O)N[C@@H](Cc1ccccc1)C(=O)N[C@H](C=O)C[C@@H]1CCNC1=O)C(F)(F)c1cccc(Cl)c1. The first-order valence-corrected chi connectivity index (χ1v) is 13.1. The Morgan fingerprint density at radius 2 is 1.87 bits per heavy atom. The van der Waals surface area contributed by atoms with Crippen LogP contribution < -0.4 is 16.0 Å². The third-order valence-electron chi connectivity index (χ3n) is 6.49. The standard InChI is InChI=1S/C28H32ClF2N3O5/c1-17(2)24(28(30,31)20-9-6-10-21(29)15-20)39-27(38)34-23(13-18-7-4-3-5-8-18)26(37)33-22(16-35)14-19-11-12-32-25(19)36/h3-10,15-17,19,22-24H,11-14H2,1-2H3,(H,32,36)(H,33,37)(H,34,38)/t19-,22-,23-,24?/m0/s1. The number of carbonyl (C=O) groups is 4. The highest BCUT2D eigenvalue weighted by atomic mass is 35.5. The lowest BCUT2D eigenvalue weighted by Crippen LogP contribution is -2.53. The first-order valence-electron chi connectivity index (χ1n) is 12.7. The number of carbonyl (C=O) groups excluding carboxylic acids is 4. The van der Waals surface area contributed by atoms with Gasteiger partial charge in [-0.1, -0.05) is 67.9 Å². The number of aldehydes is 1. The third-order valence-corrected chi connectivity index (χ3v) is 6.73. The van der Waals surface area contributed by atoms with Crippen molar-refractivity contribution in [1.29, 1.82) is 0 Å². The molecule has 1 fully saturated rings. The summed E-state index contributed by atoms with van der Waals surface area (Å²) in [6.45, 7) is 3.46. The van der Waals surface area contributed by atoms with E-state index in [4.69, 9.17) is 16.3 Å². The zero-order valence-corrected chi connectivity index (χ0v) is 22.4. The summed E-state index contributed by atoms with van der Waals surface area (Å²) in [5.74, 6) is -5.69. The van der Waals surface area contributed by atoms with E-state index >= 15 is 8.78 Å². The van der Waals surface area contributed by atoms with Crippen LogP contribution in [-0.4, -0.2) is 48.9 Å². The maximum absolute atomic E-state index is 15.4. The van der Waals surface area contributed by atoms with Gasteiger partial charge >= 0.3 is 12.0 Å². The molecule has 0 aliphatic carbocycles. The van der Waals surface area contributed by atoms with Gasteiger partial charge in [-0.25, -0.2) is 4.79 Å². The highest BCUT2D eigenvalue weighted by Crippen LogP contribution is 2.38. The summed E-state index contributed by atoms with van der Waals surface area (Å²) < 4.78 is 36.0. The van der Waals surface area contributed by atoms with Gasteiger partial charge in [-0.15, -0.1) is 0 Å². The maximum Gasteiger partial charge on any atom is 0.408 e. The number of hydrogen-bond donors (Lipinski definition) is 3.